The lowest BCUT2D eigenvalue weighted by molar-refractivity contribution is -0.145. The lowest BCUT2D eigenvalue weighted by Gasteiger charge is -2.21. The highest BCUT2D eigenvalue weighted by Gasteiger charge is 2.38. The van der Waals surface area contributed by atoms with Crippen LogP contribution in [0.5, 0.6) is 0 Å². The maximum Gasteiger partial charge on any atom is 0.403 e. The van der Waals surface area contributed by atoms with Gasteiger partial charge in [-0.05, 0) is 6.92 Å². The van der Waals surface area contributed by atoms with E-state index in [1.54, 1.807) is 5.09 Å². The molecule has 0 saturated carbocycles. The molecule has 14 nitrogen and oxygen atoms in total. The number of ether oxygens (including phenoxy) is 1. The normalized spacial score (nSPS) is 24.7. The largest absolute Gasteiger partial charge is 0.481 e. The van der Waals surface area contributed by atoms with Crippen molar-refractivity contribution in [1.29, 1.82) is 0 Å². The average molecular weight is 437 g/mol. The number of aliphatic carboxylic acids is 2. The molecule has 0 aliphatic carbocycles. The van der Waals surface area contributed by atoms with E-state index in [4.69, 9.17) is 19.5 Å². The van der Waals surface area contributed by atoms with Gasteiger partial charge in [-0.1, -0.05) is 0 Å². The Labute approximate surface area is 162 Å². The van der Waals surface area contributed by atoms with Crippen LogP contribution in [-0.4, -0.2) is 66.6 Å². The van der Waals surface area contributed by atoms with Gasteiger partial charge in [-0.3, -0.25) is 28.5 Å². The van der Waals surface area contributed by atoms with E-state index in [9.17, 15) is 33.7 Å². The van der Waals surface area contributed by atoms with Crippen molar-refractivity contribution in [3.8, 4) is 0 Å². The molecule has 0 spiro atoms. The van der Waals surface area contributed by atoms with E-state index in [2.05, 4.69) is 4.98 Å². The Bertz CT molecular complexity index is 941. The van der Waals surface area contributed by atoms with E-state index in [1.165, 1.54) is 13.1 Å². The molecule has 6 N–H and O–H groups in total. The first-order chi connectivity index (χ1) is 13.4. The fourth-order valence-corrected chi connectivity index (χ4v) is 3.63. The minimum Gasteiger partial charge on any atom is -0.481 e. The lowest BCUT2D eigenvalue weighted by Crippen LogP contribution is -2.37. The van der Waals surface area contributed by atoms with Crippen molar-refractivity contribution in [2.75, 3.05) is 6.61 Å². The van der Waals surface area contributed by atoms with Crippen LogP contribution in [0, 0.1) is 6.92 Å². The van der Waals surface area contributed by atoms with E-state index in [-0.39, 0.29) is 12.0 Å². The molecule has 0 amide bonds. The first kappa shape index (κ1) is 22.9. The maximum absolute atomic E-state index is 12.0. The predicted octanol–water partition coefficient (Wildman–Crippen LogP) is -1.87. The Kier molecular flexibility index (Phi) is 7.11. The summed E-state index contributed by atoms with van der Waals surface area (Å²) in [5.41, 5.74) is -1.12. The van der Waals surface area contributed by atoms with E-state index in [0.717, 1.165) is 4.57 Å². The van der Waals surface area contributed by atoms with Crippen LogP contribution in [0.3, 0.4) is 0 Å². The van der Waals surface area contributed by atoms with Crippen LogP contribution in [0.2, 0.25) is 0 Å². The molecule has 2 heterocycles. The minimum absolute atomic E-state index is 0.0840. The topological polar surface area (TPSA) is 217 Å². The number of aliphatic hydroxyl groups is 1. The second kappa shape index (κ2) is 8.98. The summed E-state index contributed by atoms with van der Waals surface area (Å²) in [6.45, 7) is 0.805. The zero-order valence-corrected chi connectivity index (χ0v) is 15.9. The van der Waals surface area contributed by atoms with Gasteiger partial charge in [0.05, 0.1) is 19.1 Å². The molecule has 162 valence electrons. The highest BCUT2D eigenvalue weighted by molar-refractivity contribution is 7.50. The molecule has 1 unspecified atom stereocenters. The number of nitrogens with one attached hydrogen (secondary N) is 2. The van der Waals surface area contributed by atoms with Gasteiger partial charge >= 0.3 is 25.4 Å². The Hall–Kier alpha value is -2.35. The number of carboxylic acids is 2. The molecule has 2 rings (SSSR count). The fraction of sp³-hybridized carbons (Fsp3) is 0.571. The Morgan fingerprint density at radius 2 is 2.10 bits per heavy atom. The third kappa shape index (κ3) is 6.06. The van der Waals surface area contributed by atoms with Crippen molar-refractivity contribution in [3.05, 3.63) is 32.6 Å². The molecule has 5 atom stereocenters. The summed E-state index contributed by atoms with van der Waals surface area (Å²) >= 11 is 0. The first-order valence-corrected chi connectivity index (χ1v) is 9.82. The Morgan fingerprint density at radius 1 is 1.45 bits per heavy atom. The van der Waals surface area contributed by atoms with E-state index in [0.29, 0.717) is 0 Å². The third-order valence-corrected chi connectivity index (χ3v) is 5.21. The summed E-state index contributed by atoms with van der Waals surface area (Å²) in [7, 11) is -4.75. The Morgan fingerprint density at radius 3 is 2.69 bits per heavy atom. The summed E-state index contributed by atoms with van der Waals surface area (Å²) in [6, 6.07) is -1.88. The van der Waals surface area contributed by atoms with E-state index >= 15 is 0 Å². The second-order valence-electron chi connectivity index (χ2n) is 6.34. The van der Waals surface area contributed by atoms with Crippen molar-refractivity contribution in [2.45, 2.75) is 44.2 Å². The van der Waals surface area contributed by atoms with Gasteiger partial charge in [0.2, 0.25) is 0 Å². The van der Waals surface area contributed by atoms with Crippen molar-refractivity contribution in [1.82, 2.24) is 14.6 Å². The number of hydrogen-bond donors (Lipinski definition) is 6. The van der Waals surface area contributed by atoms with Crippen LogP contribution in [0.4, 0.5) is 0 Å². The summed E-state index contributed by atoms with van der Waals surface area (Å²) in [6.07, 6.45) is -3.14. The molecule has 29 heavy (non-hydrogen) atoms. The molecular weight excluding hydrogens is 417 g/mol. The van der Waals surface area contributed by atoms with Gasteiger partial charge in [-0.25, -0.2) is 14.4 Å². The summed E-state index contributed by atoms with van der Waals surface area (Å²) in [5.74, 6) is -3.18. The fourth-order valence-electron chi connectivity index (χ4n) is 2.61. The molecule has 1 aromatic heterocycles. The first-order valence-electron chi connectivity index (χ1n) is 8.25. The van der Waals surface area contributed by atoms with Gasteiger partial charge in [-0.2, -0.15) is 0 Å². The zero-order chi connectivity index (χ0) is 21.9. The average Bonchev–Trinajstić information content (AvgIpc) is 2.96. The SMILES string of the molecule is Cc1cn([C@H]2C[C@H](O)[C@@H](COP(=O)(O)N[C@@H](CC(=O)O)C(=O)O)O2)c(=O)[nH]c1=O. The second-order valence-corrected chi connectivity index (χ2v) is 7.90. The number of nitrogens with zero attached hydrogens (tertiary/aromatic N) is 1. The standard InChI is InChI=1S/C14H20N3O11P/c1-6-4-17(14(24)15-12(6)21)10-3-8(18)9(28-10)5-27-29(25,26)16-7(13(22)23)2-11(19)20/h4,7-10,18H,2-3,5H2,1H3,(H,19,20)(H,22,23)(H,15,21,24)(H2,16,25,26)/t7-,8-,9+,10+/m0/s1. The Balaban J connectivity index is 2.02. The number of rotatable bonds is 9. The zero-order valence-electron chi connectivity index (χ0n) is 15.0. The third-order valence-electron chi connectivity index (χ3n) is 4.07. The minimum atomic E-state index is -4.75. The number of carboxylic acid groups (broad SMARTS) is 2. The molecular formula is C14H20N3O11P. The van der Waals surface area contributed by atoms with Crippen molar-refractivity contribution in [3.63, 3.8) is 0 Å². The molecule has 0 bridgehead atoms. The number of aliphatic hydroxyl groups excluding tert-OH is 1. The molecule has 1 aliphatic heterocycles. The number of hydrogen-bond acceptors (Lipinski definition) is 8. The summed E-state index contributed by atoms with van der Waals surface area (Å²) in [5, 5.41) is 29.3. The van der Waals surface area contributed by atoms with Gasteiger partial charge in [0.1, 0.15) is 18.4 Å². The predicted molar refractivity (Wildman–Crippen MR) is 93.2 cm³/mol. The van der Waals surface area contributed by atoms with Crippen molar-refractivity contribution < 1.29 is 43.6 Å². The van der Waals surface area contributed by atoms with Crippen molar-refractivity contribution >= 4 is 19.7 Å². The number of aryl methyl sites for hydroxylation is 1. The van der Waals surface area contributed by atoms with Crippen LogP contribution >= 0.6 is 7.75 Å². The van der Waals surface area contributed by atoms with Crippen LogP contribution in [0.25, 0.3) is 0 Å². The number of aromatic amines is 1. The van der Waals surface area contributed by atoms with E-state index in [1.807, 2.05) is 0 Å². The number of carbonyl (C=O) groups is 2. The van der Waals surface area contributed by atoms with Crippen LogP contribution < -0.4 is 16.3 Å². The molecule has 0 aromatic carbocycles. The molecule has 1 aliphatic rings. The smallest absolute Gasteiger partial charge is 0.403 e. The van der Waals surface area contributed by atoms with Gasteiger partial charge in [0, 0.05) is 18.2 Å². The summed E-state index contributed by atoms with van der Waals surface area (Å²) < 4.78 is 23.2. The molecule has 1 aromatic rings. The molecule has 1 fully saturated rings. The highest BCUT2D eigenvalue weighted by atomic mass is 31.2. The van der Waals surface area contributed by atoms with Crippen LogP contribution in [0.15, 0.2) is 15.8 Å². The highest BCUT2D eigenvalue weighted by Crippen LogP contribution is 2.39. The summed E-state index contributed by atoms with van der Waals surface area (Å²) in [4.78, 5) is 56.7. The molecule has 0 radical (unpaired) electrons. The molecule has 1 saturated heterocycles. The van der Waals surface area contributed by atoms with Crippen LogP contribution in [-0.2, 0) is 23.4 Å². The van der Waals surface area contributed by atoms with Gasteiger partial charge in [0.25, 0.3) is 5.56 Å². The monoisotopic (exact) mass is 437 g/mol. The quantitative estimate of drug-likeness (QED) is 0.234. The van der Waals surface area contributed by atoms with Crippen LogP contribution in [0.1, 0.15) is 24.6 Å². The lowest BCUT2D eigenvalue weighted by atomic mass is 10.2. The van der Waals surface area contributed by atoms with Gasteiger partial charge in [0.15, 0.2) is 0 Å². The van der Waals surface area contributed by atoms with Crippen molar-refractivity contribution in [2.24, 2.45) is 0 Å². The van der Waals surface area contributed by atoms with Gasteiger partial charge in [-0.15, -0.1) is 0 Å². The van der Waals surface area contributed by atoms with Gasteiger partial charge < -0.3 is 24.9 Å². The molecule has 15 heteroatoms. The maximum atomic E-state index is 12.0. The van der Waals surface area contributed by atoms with E-state index < -0.39 is 68.4 Å². The number of H-pyrrole nitrogens is 1. The number of aromatic nitrogens is 2.